The van der Waals surface area contributed by atoms with E-state index in [9.17, 15) is 4.79 Å². The zero-order valence-electron chi connectivity index (χ0n) is 11.3. The van der Waals surface area contributed by atoms with Gasteiger partial charge in [0.25, 0.3) is 5.91 Å². The average Bonchev–Trinajstić information content (AvgIpc) is 2.95. The first kappa shape index (κ1) is 13.1. The molecule has 0 bridgehead atoms. The van der Waals surface area contributed by atoms with E-state index >= 15 is 0 Å². The van der Waals surface area contributed by atoms with Crippen LogP contribution in [0, 0.1) is 0 Å². The smallest absolute Gasteiger partial charge is 0.251 e. The van der Waals surface area contributed by atoms with Gasteiger partial charge >= 0.3 is 0 Å². The van der Waals surface area contributed by atoms with Crippen LogP contribution in [0.1, 0.15) is 10.4 Å². The van der Waals surface area contributed by atoms with E-state index in [0.717, 1.165) is 38.4 Å². The molecule has 106 valence electrons. The van der Waals surface area contributed by atoms with E-state index in [4.69, 9.17) is 4.74 Å². The maximum Gasteiger partial charge on any atom is 0.251 e. The quantitative estimate of drug-likeness (QED) is 0.876. The van der Waals surface area contributed by atoms with Gasteiger partial charge in [0, 0.05) is 37.9 Å². The molecule has 20 heavy (non-hydrogen) atoms. The van der Waals surface area contributed by atoms with Crippen molar-refractivity contribution in [1.29, 1.82) is 0 Å². The van der Waals surface area contributed by atoms with Crippen molar-refractivity contribution in [3.05, 3.63) is 36.4 Å². The highest BCUT2D eigenvalue weighted by molar-refractivity contribution is 5.95. The fourth-order valence-corrected chi connectivity index (χ4v) is 2.31. The third kappa shape index (κ3) is 2.97. The third-order valence-electron chi connectivity index (χ3n) is 3.49. The fraction of sp³-hybridized carbons (Fsp3) is 0.429. The number of rotatable bonds is 4. The normalized spacial score (nSPS) is 16.4. The van der Waals surface area contributed by atoms with Crippen molar-refractivity contribution in [2.75, 3.05) is 39.4 Å². The molecule has 0 atom stereocenters. The van der Waals surface area contributed by atoms with Gasteiger partial charge in [0.05, 0.1) is 31.3 Å². The summed E-state index contributed by atoms with van der Waals surface area (Å²) in [6.07, 6.45) is 5.30. The van der Waals surface area contributed by atoms with Crippen LogP contribution in [0.2, 0.25) is 0 Å². The Hall–Kier alpha value is -1.92. The lowest BCUT2D eigenvalue weighted by Gasteiger charge is -2.26. The van der Waals surface area contributed by atoms with E-state index in [1.165, 1.54) is 0 Å². The Morgan fingerprint density at radius 1 is 1.40 bits per heavy atom. The highest BCUT2D eigenvalue weighted by atomic mass is 16.5. The molecule has 1 aliphatic heterocycles. The number of aromatic nitrogens is 2. The summed E-state index contributed by atoms with van der Waals surface area (Å²) < 4.78 is 7.17. The van der Waals surface area contributed by atoms with Gasteiger partial charge < -0.3 is 14.5 Å². The number of hydrogen-bond acceptors (Lipinski definition) is 4. The monoisotopic (exact) mass is 274 g/mol. The van der Waals surface area contributed by atoms with Crippen molar-refractivity contribution in [1.82, 2.24) is 19.6 Å². The van der Waals surface area contributed by atoms with Crippen molar-refractivity contribution in [3.63, 3.8) is 0 Å². The number of morpholine rings is 1. The predicted octanol–water partition coefficient (Wildman–Crippen LogP) is 0.396. The van der Waals surface area contributed by atoms with Gasteiger partial charge in [-0.15, -0.1) is 0 Å². The molecule has 1 aliphatic rings. The predicted molar refractivity (Wildman–Crippen MR) is 74.8 cm³/mol. The summed E-state index contributed by atoms with van der Waals surface area (Å²) in [5.74, 6) is -0.0399. The van der Waals surface area contributed by atoms with Crippen molar-refractivity contribution >= 4 is 11.4 Å². The molecule has 0 radical (unpaired) electrons. The van der Waals surface area contributed by atoms with Crippen molar-refractivity contribution in [2.24, 2.45) is 0 Å². The van der Waals surface area contributed by atoms with Crippen LogP contribution in [0.3, 0.4) is 0 Å². The number of hydrogen-bond donors (Lipinski definition) is 1. The average molecular weight is 274 g/mol. The molecule has 0 unspecified atom stereocenters. The lowest BCUT2D eigenvalue weighted by molar-refractivity contribution is 0.0383. The van der Waals surface area contributed by atoms with Crippen molar-refractivity contribution in [3.8, 4) is 0 Å². The summed E-state index contributed by atoms with van der Waals surface area (Å²) in [6.45, 7) is 4.97. The molecule has 1 saturated heterocycles. The number of carbonyl (C=O) groups excluding carboxylic acids is 1. The molecule has 3 heterocycles. The number of carbonyl (C=O) groups is 1. The molecular formula is C14H18N4O2. The highest BCUT2D eigenvalue weighted by Gasteiger charge is 2.11. The largest absolute Gasteiger partial charge is 0.379 e. The lowest BCUT2D eigenvalue weighted by atomic mass is 10.2. The van der Waals surface area contributed by atoms with E-state index in [2.05, 4.69) is 15.2 Å². The van der Waals surface area contributed by atoms with Crippen LogP contribution in [-0.2, 0) is 4.74 Å². The van der Waals surface area contributed by atoms with Gasteiger partial charge in [-0.2, -0.15) is 0 Å². The zero-order valence-corrected chi connectivity index (χ0v) is 11.3. The van der Waals surface area contributed by atoms with E-state index in [0.29, 0.717) is 12.1 Å². The Morgan fingerprint density at radius 3 is 3.10 bits per heavy atom. The number of nitrogens with zero attached hydrogens (tertiary/aromatic N) is 3. The summed E-state index contributed by atoms with van der Waals surface area (Å²) in [5, 5.41) is 2.95. The molecule has 0 spiro atoms. The SMILES string of the molecule is O=C(NCCN1CCOCC1)c1ccn2cncc2c1. The molecular weight excluding hydrogens is 256 g/mol. The first-order valence-electron chi connectivity index (χ1n) is 6.83. The standard InChI is InChI=1S/C14H18N4O2/c19-14(16-2-4-17-5-7-20-8-6-17)12-1-3-18-11-15-10-13(18)9-12/h1,3,9-11H,2,4-8H2,(H,16,19). The van der Waals surface area contributed by atoms with Crippen LogP contribution in [0.25, 0.3) is 5.52 Å². The van der Waals surface area contributed by atoms with E-state index in [1.54, 1.807) is 18.6 Å². The van der Waals surface area contributed by atoms with Crippen LogP contribution in [0.5, 0.6) is 0 Å². The molecule has 1 amide bonds. The molecule has 1 N–H and O–H groups in total. The van der Waals surface area contributed by atoms with Gasteiger partial charge in [0.2, 0.25) is 0 Å². The molecule has 0 aliphatic carbocycles. The van der Waals surface area contributed by atoms with E-state index in [-0.39, 0.29) is 5.91 Å². The minimum Gasteiger partial charge on any atom is -0.379 e. The summed E-state index contributed by atoms with van der Waals surface area (Å²) in [5.41, 5.74) is 1.59. The van der Waals surface area contributed by atoms with Gasteiger partial charge in [-0.25, -0.2) is 4.98 Å². The summed E-state index contributed by atoms with van der Waals surface area (Å²) in [6, 6.07) is 3.65. The number of imidazole rings is 1. The number of pyridine rings is 1. The molecule has 6 nitrogen and oxygen atoms in total. The maximum atomic E-state index is 12.1. The second-order valence-corrected chi connectivity index (χ2v) is 4.85. The lowest BCUT2D eigenvalue weighted by Crippen LogP contribution is -2.41. The molecule has 2 aromatic rings. The fourth-order valence-electron chi connectivity index (χ4n) is 2.31. The number of fused-ring (bicyclic) bond motifs is 1. The topological polar surface area (TPSA) is 58.9 Å². The first-order chi connectivity index (χ1) is 9.83. The summed E-state index contributed by atoms with van der Waals surface area (Å²) >= 11 is 0. The number of amides is 1. The minimum atomic E-state index is -0.0399. The second kappa shape index (κ2) is 6.02. The van der Waals surface area contributed by atoms with Gasteiger partial charge in [-0.3, -0.25) is 9.69 Å². The molecule has 1 fully saturated rings. The van der Waals surface area contributed by atoms with Gasteiger partial charge in [-0.05, 0) is 12.1 Å². The van der Waals surface area contributed by atoms with E-state index in [1.807, 2.05) is 16.7 Å². The second-order valence-electron chi connectivity index (χ2n) is 4.85. The van der Waals surface area contributed by atoms with Crippen molar-refractivity contribution < 1.29 is 9.53 Å². The van der Waals surface area contributed by atoms with Crippen molar-refractivity contribution in [2.45, 2.75) is 0 Å². The minimum absolute atomic E-state index is 0.0399. The summed E-state index contributed by atoms with van der Waals surface area (Å²) in [4.78, 5) is 18.4. The Kier molecular flexibility index (Phi) is 3.94. The number of ether oxygens (including phenoxy) is 1. The van der Waals surface area contributed by atoms with Crippen LogP contribution < -0.4 is 5.32 Å². The Balaban J connectivity index is 1.53. The van der Waals surface area contributed by atoms with Crippen LogP contribution in [0.4, 0.5) is 0 Å². The third-order valence-corrected chi connectivity index (χ3v) is 3.49. The Labute approximate surface area is 117 Å². The van der Waals surface area contributed by atoms with Crippen LogP contribution >= 0.6 is 0 Å². The summed E-state index contributed by atoms with van der Waals surface area (Å²) in [7, 11) is 0. The molecule has 2 aromatic heterocycles. The van der Waals surface area contributed by atoms with Gasteiger partial charge in [0.1, 0.15) is 0 Å². The van der Waals surface area contributed by atoms with Gasteiger partial charge in [0.15, 0.2) is 0 Å². The van der Waals surface area contributed by atoms with Gasteiger partial charge in [-0.1, -0.05) is 0 Å². The van der Waals surface area contributed by atoms with Crippen LogP contribution in [0.15, 0.2) is 30.9 Å². The maximum absolute atomic E-state index is 12.1. The molecule has 0 saturated carbocycles. The highest BCUT2D eigenvalue weighted by Crippen LogP contribution is 2.06. The number of nitrogens with one attached hydrogen (secondary N) is 1. The van der Waals surface area contributed by atoms with E-state index < -0.39 is 0 Å². The Morgan fingerprint density at radius 2 is 2.25 bits per heavy atom. The molecule has 3 rings (SSSR count). The molecule has 0 aromatic carbocycles. The van der Waals surface area contributed by atoms with Crippen LogP contribution in [-0.4, -0.2) is 59.6 Å². The first-order valence-corrected chi connectivity index (χ1v) is 6.83. The Bertz CT molecular complexity index is 590. The molecule has 6 heteroatoms. The zero-order chi connectivity index (χ0) is 13.8.